The predicted octanol–water partition coefficient (Wildman–Crippen LogP) is 0.731. The fraction of sp³-hybridized carbons (Fsp3) is 0.333. The second kappa shape index (κ2) is 3.95. The van der Waals surface area contributed by atoms with Gasteiger partial charge in [0.15, 0.2) is 5.56 Å². The second-order valence-electron chi connectivity index (χ2n) is 2.94. The third-order valence-corrected chi connectivity index (χ3v) is 1.80. The van der Waals surface area contributed by atoms with Crippen molar-refractivity contribution >= 4 is 5.97 Å². The highest BCUT2D eigenvalue weighted by molar-refractivity contribution is 5.90. The average molecular weight is 197 g/mol. The Labute approximate surface area is 80.0 Å². The minimum absolute atomic E-state index is 0.482. The highest BCUT2D eigenvalue weighted by Crippen LogP contribution is 2.13. The van der Waals surface area contributed by atoms with Gasteiger partial charge in [-0.25, -0.2) is 4.79 Å². The molecule has 1 rings (SSSR count). The van der Waals surface area contributed by atoms with Crippen LogP contribution in [0.25, 0.3) is 0 Å². The number of pyridine rings is 1. The molecule has 1 heterocycles. The number of carboxylic acids is 1. The van der Waals surface area contributed by atoms with Gasteiger partial charge in [-0.3, -0.25) is 4.79 Å². The number of nitrogens with one attached hydrogen (secondary N) is 1. The van der Waals surface area contributed by atoms with Crippen LogP contribution in [0.5, 0.6) is 5.75 Å². The molecule has 0 spiro atoms. The van der Waals surface area contributed by atoms with Crippen LogP contribution in [0.2, 0.25) is 0 Å². The Hall–Kier alpha value is -1.78. The lowest BCUT2D eigenvalue weighted by atomic mass is 10.2. The number of aromatic amines is 1. The van der Waals surface area contributed by atoms with E-state index in [4.69, 9.17) is 5.11 Å². The van der Waals surface area contributed by atoms with Crippen molar-refractivity contribution in [1.29, 1.82) is 0 Å². The summed E-state index contributed by atoms with van der Waals surface area (Å²) in [6.07, 6.45) is 1.41. The van der Waals surface area contributed by atoms with E-state index < -0.39 is 22.8 Å². The fourth-order valence-electron chi connectivity index (χ4n) is 1.21. The van der Waals surface area contributed by atoms with E-state index >= 15 is 0 Å². The van der Waals surface area contributed by atoms with Gasteiger partial charge in [0.05, 0.1) is 0 Å². The molecule has 14 heavy (non-hydrogen) atoms. The van der Waals surface area contributed by atoms with E-state index in [2.05, 4.69) is 4.98 Å². The number of H-pyrrole nitrogens is 1. The molecule has 0 aliphatic heterocycles. The highest BCUT2D eigenvalue weighted by atomic mass is 16.4. The predicted molar refractivity (Wildman–Crippen MR) is 49.7 cm³/mol. The van der Waals surface area contributed by atoms with Crippen molar-refractivity contribution in [3.8, 4) is 5.75 Å². The molecule has 0 atom stereocenters. The summed E-state index contributed by atoms with van der Waals surface area (Å²) in [6, 6.07) is 1.27. The maximum absolute atomic E-state index is 11.2. The van der Waals surface area contributed by atoms with Crippen LogP contribution in [0.3, 0.4) is 0 Å². The summed E-state index contributed by atoms with van der Waals surface area (Å²) in [6.45, 7) is 1.92. The van der Waals surface area contributed by atoms with Crippen molar-refractivity contribution in [3.63, 3.8) is 0 Å². The van der Waals surface area contributed by atoms with Crippen LogP contribution < -0.4 is 5.56 Å². The summed E-state index contributed by atoms with van der Waals surface area (Å²) < 4.78 is 0. The smallest absolute Gasteiger partial charge is 0.345 e. The molecular formula is C9H11NO4. The third kappa shape index (κ3) is 1.93. The maximum Gasteiger partial charge on any atom is 0.345 e. The van der Waals surface area contributed by atoms with Crippen molar-refractivity contribution in [2.24, 2.45) is 0 Å². The molecule has 0 saturated heterocycles. The molecule has 0 bridgehead atoms. The summed E-state index contributed by atoms with van der Waals surface area (Å²) in [5, 5.41) is 17.9. The van der Waals surface area contributed by atoms with E-state index in [1.165, 1.54) is 6.07 Å². The first-order valence-corrected chi connectivity index (χ1v) is 4.24. The largest absolute Gasteiger partial charge is 0.507 e. The fourth-order valence-corrected chi connectivity index (χ4v) is 1.21. The van der Waals surface area contributed by atoms with Crippen LogP contribution in [0.1, 0.15) is 29.4 Å². The molecule has 0 aliphatic carbocycles. The molecule has 0 radical (unpaired) electrons. The summed E-state index contributed by atoms with van der Waals surface area (Å²) in [5.41, 5.74) is -0.828. The van der Waals surface area contributed by atoms with Crippen LogP contribution in [0, 0.1) is 0 Å². The van der Waals surface area contributed by atoms with Crippen LogP contribution in [0.4, 0.5) is 0 Å². The molecule has 1 aromatic heterocycles. The van der Waals surface area contributed by atoms with Gasteiger partial charge in [0.25, 0.3) is 5.56 Å². The van der Waals surface area contributed by atoms with Gasteiger partial charge in [-0.2, -0.15) is 0 Å². The second-order valence-corrected chi connectivity index (χ2v) is 2.94. The van der Waals surface area contributed by atoms with Crippen molar-refractivity contribution < 1.29 is 15.0 Å². The molecule has 3 N–H and O–H groups in total. The van der Waals surface area contributed by atoms with E-state index in [1.54, 1.807) is 0 Å². The SMILES string of the molecule is CCCc1cc(O)c(C(=O)O)c(=O)[nH]1. The van der Waals surface area contributed by atoms with Gasteiger partial charge < -0.3 is 15.2 Å². The van der Waals surface area contributed by atoms with E-state index in [-0.39, 0.29) is 0 Å². The number of hydrogen-bond donors (Lipinski definition) is 3. The Balaban J connectivity index is 3.25. The average Bonchev–Trinajstić information content (AvgIpc) is 2.01. The zero-order valence-corrected chi connectivity index (χ0v) is 7.70. The normalized spacial score (nSPS) is 10.1. The first-order valence-electron chi connectivity index (χ1n) is 4.24. The van der Waals surface area contributed by atoms with Crippen LogP contribution >= 0.6 is 0 Å². The van der Waals surface area contributed by atoms with Gasteiger partial charge in [0, 0.05) is 11.8 Å². The Morgan fingerprint density at radius 3 is 2.64 bits per heavy atom. The lowest BCUT2D eigenvalue weighted by molar-refractivity contribution is 0.0691. The lowest BCUT2D eigenvalue weighted by Crippen LogP contribution is -2.18. The van der Waals surface area contributed by atoms with Crippen molar-refractivity contribution in [3.05, 3.63) is 27.7 Å². The molecule has 1 aromatic rings. The number of carboxylic acid groups (broad SMARTS) is 1. The molecule has 76 valence electrons. The minimum atomic E-state index is -1.42. The Morgan fingerprint density at radius 2 is 2.21 bits per heavy atom. The summed E-state index contributed by atoms with van der Waals surface area (Å²) in [5.74, 6) is -1.91. The zero-order chi connectivity index (χ0) is 10.7. The molecule has 0 unspecified atom stereocenters. The van der Waals surface area contributed by atoms with E-state index in [0.29, 0.717) is 12.1 Å². The van der Waals surface area contributed by atoms with Crippen LogP contribution in [0.15, 0.2) is 10.9 Å². The molecule has 0 saturated carbocycles. The van der Waals surface area contributed by atoms with E-state index in [9.17, 15) is 14.7 Å². The zero-order valence-electron chi connectivity index (χ0n) is 7.70. The third-order valence-electron chi connectivity index (χ3n) is 1.80. The monoisotopic (exact) mass is 197 g/mol. The number of aromatic hydroxyl groups is 1. The van der Waals surface area contributed by atoms with Crippen molar-refractivity contribution in [2.75, 3.05) is 0 Å². The number of hydrogen-bond acceptors (Lipinski definition) is 3. The molecule has 0 aromatic carbocycles. The maximum atomic E-state index is 11.2. The molecule has 0 amide bonds. The van der Waals surface area contributed by atoms with Crippen LogP contribution in [-0.4, -0.2) is 21.2 Å². The number of aromatic carboxylic acids is 1. The molecule has 0 fully saturated rings. The van der Waals surface area contributed by atoms with Crippen LogP contribution in [-0.2, 0) is 6.42 Å². The topological polar surface area (TPSA) is 90.4 Å². The summed E-state index contributed by atoms with van der Waals surface area (Å²) >= 11 is 0. The van der Waals surface area contributed by atoms with Crippen molar-refractivity contribution in [2.45, 2.75) is 19.8 Å². The number of rotatable bonds is 3. The minimum Gasteiger partial charge on any atom is -0.507 e. The van der Waals surface area contributed by atoms with Gasteiger partial charge in [0.2, 0.25) is 0 Å². The Kier molecular flexibility index (Phi) is 2.91. The standard InChI is InChI=1S/C9H11NO4/c1-2-3-5-4-6(11)7(9(13)14)8(12)10-5/h4H,2-3H2,1H3,(H,13,14)(H2,10,11,12). The number of carbonyl (C=O) groups is 1. The Bertz CT molecular complexity index is 408. The number of aromatic nitrogens is 1. The molecular weight excluding hydrogens is 186 g/mol. The van der Waals surface area contributed by atoms with Gasteiger partial charge in [-0.05, 0) is 6.42 Å². The molecule has 5 nitrogen and oxygen atoms in total. The quantitative estimate of drug-likeness (QED) is 0.666. The van der Waals surface area contributed by atoms with Gasteiger partial charge in [-0.15, -0.1) is 0 Å². The highest BCUT2D eigenvalue weighted by Gasteiger charge is 2.15. The molecule has 0 aliphatic rings. The van der Waals surface area contributed by atoms with E-state index in [1.807, 2.05) is 6.92 Å². The van der Waals surface area contributed by atoms with Gasteiger partial charge in [-0.1, -0.05) is 13.3 Å². The van der Waals surface area contributed by atoms with Crippen molar-refractivity contribution in [1.82, 2.24) is 4.98 Å². The number of aryl methyl sites for hydroxylation is 1. The first-order chi connectivity index (χ1) is 6.56. The van der Waals surface area contributed by atoms with Gasteiger partial charge >= 0.3 is 5.97 Å². The summed E-state index contributed by atoms with van der Waals surface area (Å²) in [4.78, 5) is 24.1. The van der Waals surface area contributed by atoms with E-state index in [0.717, 1.165) is 6.42 Å². The van der Waals surface area contributed by atoms with Gasteiger partial charge in [0.1, 0.15) is 5.75 Å². The molecule has 5 heteroatoms. The Morgan fingerprint density at radius 1 is 1.57 bits per heavy atom. The first kappa shape index (κ1) is 10.3. The summed E-state index contributed by atoms with van der Waals surface area (Å²) in [7, 11) is 0. The lowest BCUT2D eigenvalue weighted by Gasteiger charge is -2.02.